The van der Waals surface area contributed by atoms with Gasteiger partial charge < -0.3 is 20.5 Å². The largest absolute Gasteiger partial charge is 0.480 e. The highest BCUT2D eigenvalue weighted by Gasteiger charge is 2.25. The van der Waals surface area contributed by atoms with Gasteiger partial charge >= 0.3 is 11.8 Å². The topological polar surface area (TPSA) is 127 Å². The number of amides is 1. The van der Waals surface area contributed by atoms with E-state index in [1.807, 2.05) is 5.32 Å². The van der Waals surface area contributed by atoms with Gasteiger partial charge in [0.1, 0.15) is 6.54 Å². The van der Waals surface area contributed by atoms with Crippen LogP contribution in [0.4, 0.5) is 5.82 Å². The smallest absolute Gasteiger partial charge is 0.402 e. The van der Waals surface area contributed by atoms with Crippen molar-refractivity contribution in [2.24, 2.45) is 7.05 Å². The molecule has 1 aromatic rings. The molecule has 1 rings (SSSR count). The molecule has 0 aliphatic rings. The van der Waals surface area contributed by atoms with Crippen LogP contribution in [0.5, 0.6) is 0 Å². The van der Waals surface area contributed by atoms with Crippen molar-refractivity contribution in [3.63, 3.8) is 0 Å². The molecular formula is C7H8N4O5. The maximum atomic E-state index is 11.4. The fourth-order valence-electron chi connectivity index (χ4n) is 1.02. The third kappa shape index (κ3) is 2.53. The fourth-order valence-corrected chi connectivity index (χ4v) is 1.02. The van der Waals surface area contributed by atoms with E-state index in [4.69, 9.17) is 5.11 Å². The molecule has 0 bridgehead atoms. The Morgan fingerprint density at radius 2 is 2.31 bits per heavy atom. The summed E-state index contributed by atoms with van der Waals surface area (Å²) in [7, 11) is 1.42. The highest BCUT2D eigenvalue weighted by atomic mass is 16.6. The van der Waals surface area contributed by atoms with Crippen LogP contribution in [0.25, 0.3) is 0 Å². The van der Waals surface area contributed by atoms with E-state index in [1.165, 1.54) is 7.05 Å². The minimum absolute atomic E-state index is 0.270. The van der Waals surface area contributed by atoms with Crippen LogP contribution in [-0.2, 0) is 11.8 Å². The Kier molecular flexibility index (Phi) is 3.18. The lowest BCUT2D eigenvalue weighted by Crippen LogP contribution is -2.29. The molecule has 0 atom stereocenters. The van der Waals surface area contributed by atoms with E-state index in [0.717, 1.165) is 10.9 Å². The molecular weight excluding hydrogens is 220 g/mol. The number of carbonyl (C=O) groups is 2. The van der Waals surface area contributed by atoms with Crippen LogP contribution in [0.3, 0.4) is 0 Å². The molecule has 9 nitrogen and oxygen atoms in total. The molecule has 0 fully saturated rings. The molecule has 0 aliphatic heterocycles. The lowest BCUT2D eigenvalue weighted by Gasteiger charge is -1.98. The molecule has 16 heavy (non-hydrogen) atoms. The SMILES string of the molecule is Cn1cc(C(=O)NCC(=O)O)c([N+](=O)[O-])n1. The van der Waals surface area contributed by atoms with E-state index in [9.17, 15) is 19.7 Å². The van der Waals surface area contributed by atoms with Crippen LogP contribution >= 0.6 is 0 Å². The number of aromatic nitrogens is 2. The molecule has 1 heterocycles. The molecule has 9 heteroatoms. The quantitative estimate of drug-likeness (QED) is 0.510. The average molecular weight is 228 g/mol. The van der Waals surface area contributed by atoms with Gasteiger partial charge in [-0.3, -0.25) is 9.59 Å². The van der Waals surface area contributed by atoms with Gasteiger partial charge in [0.15, 0.2) is 5.56 Å². The molecule has 0 radical (unpaired) electrons. The first-order chi connectivity index (χ1) is 7.41. The molecule has 0 saturated heterocycles. The van der Waals surface area contributed by atoms with Gasteiger partial charge in [-0.15, -0.1) is 0 Å². The maximum absolute atomic E-state index is 11.4. The first kappa shape index (κ1) is 11.6. The number of rotatable bonds is 4. The third-order valence-electron chi connectivity index (χ3n) is 1.63. The normalized spacial score (nSPS) is 9.81. The Morgan fingerprint density at radius 3 is 2.81 bits per heavy atom. The number of carboxylic acid groups (broad SMARTS) is 1. The van der Waals surface area contributed by atoms with Crippen LogP contribution in [0.15, 0.2) is 6.20 Å². The van der Waals surface area contributed by atoms with Gasteiger partial charge in [-0.05, 0) is 4.92 Å². The summed E-state index contributed by atoms with van der Waals surface area (Å²) in [5, 5.41) is 24.3. The Morgan fingerprint density at radius 1 is 1.69 bits per heavy atom. The number of aryl methyl sites for hydroxylation is 1. The zero-order valence-corrected chi connectivity index (χ0v) is 8.21. The summed E-state index contributed by atoms with van der Waals surface area (Å²) in [5.41, 5.74) is -0.270. The van der Waals surface area contributed by atoms with Gasteiger partial charge in [-0.1, -0.05) is 0 Å². The highest BCUT2D eigenvalue weighted by Crippen LogP contribution is 2.14. The minimum atomic E-state index is -1.24. The van der Waals surface area contributed by atoms with Crippen molar-refractivity contribution < 1.29 is 19.6 Å². The fraction of sp³-hybridized carbons (Fsp3) is 0.286. The number of nitrogens with one attached hydrogen (secondary N) is 1. The predicted molar refractivity (Wildman–Crippen MR) is 49.8 cm³/mol. The Labute approximate surface area is 88.8 Å². The van der Waals surface area contributed by atoms with Gasteiger partial charge in [0.25, 0.3) is 5.91 Å². The summed E-state index contributed by atoms with van der Waals surface area (Å²) < 4.78 is 1.10. The molecule has 86 valence electrons. The van der Waals surface area contributed by atoms with Gasteiger partial charge in [0, 0.05) is 0 Å². The number of aliphatic carboxylic acids is 1. The van der Waals surface area contributed by atoms with E-state index in [-0.39, 0.29) is 5.56 Å². The van der Waals surface area contributed by atoms with Crippen LogP contribution in [0.1, 0.15) is 10.4 Å². The molecule has 0 saturated carbocycles. The van der Waals surface area contributed by atoms with Crippen LogP contribution in [0.2, 0.25) is 0 Å². The van der Waals surface area contributed by atoms with Crippen molar-refractivity contribution in [3.8, 4) is 0 Å². The standard InChI is InChI=1S/C7H8N4O5/c1-10-3-4(6(9-10)11(15)16)7(14)8-2-5(12)13/h3H,2H2,1H3,(H,8,14)(H,12,13). The number of hydrogen-bond donors (Lipinski definition) is 2. The highest BCUT2D eigenvalue weighted by molar-refractivity contribution is 5.98. The first-order valence-electron chi connectivity index (χ1n) is 4.10. The monoisotopic (exact) mass is 228 g/mol. The molecule has 2 N–H and O–H groups in total. The first-order valence-corrected chi connectivity index (χ1v) is 4.10. The number of carboxylic acids is 1. The van der Waals surface area contributed by atoms with Gasteiger partial charge in [0.05, 0.1) is 18.3 Å². The van der Waals surface area contributed by atoms with E-state index >= 15 is 0 Å². The summed E-state index contributed by atoms with van der Waals surface area (Å²) in [6.07, 6.45) is 1.15. The molecule has 0 aromatic carbocycles. The van der Waals surface area contributed by atoms with E-state index in [2.05, 4.69) is 5.10 Å². The summed E-state index contributed by atoms with van der Waals surface area (Å²) >= 11 is 0. The molecule has 0 spiro atoms. The van der Waals surface area contributed by atoms with Crippen molar-refractivity contribution in [1.82, 2.24) is 15.1 Å². The maximum Gasteiger partial charge on any atom is 0.402 e. The zero-order chi connectivity index (χ0) is 12.3. The Hall–Kier alpha value is -2.45. The second kappa shape index (κ2) is 4.38. The molecule has 1 amide bonds. The lowest BCUT2D eigenvalue weighted by molar-refractivity contribution is -0.390. The molecule has 1 aromatic heterocycles. The summed E-state index contributed by atoms with van der Waals surface area (Å²) in [6.45, 7) is -0.606. The molecule has 0 unspecified atom stereocenters. The van der Waals surface area contributed by atoms with Gasteiger partial charge in [0.2, 0.25) is 0 Å². The van der Waals surface area contributed by atoms with Crippen molar-refractivity contribution in [2.75, 3.05) is 6.54 Å². The van der Waals surface area contributed by atoms with Gasteiger partial charge in [-0.25, -0.2) is 0 Å². The van der Waals surface area contributed by atoms with Crippen molar-refractivity contribution in [3.05, 3.63) is 21.9 Å². The second-order valence-electron chi connectivity index (χ2n) is 2.87. The predicted octanol–water partition coefficient (Wildman–Crippen LogP) is -0.857. The second-order valence-corrected chi connectivity index (χ2v) is 2.87. The Bertz CT molecular complexity index is 452. The van der Waals surface area contributed by atoms with E-state index < -0.39 is 29.2 Å². The summed E-state index contributed by atoms with van der Waals surface area (Å²) in [5.74, 6) is -2.69. The number of hydrogen-bond acceptors (Lipinski definition) is 5. The number of nitro groups is 1. The van der Waals surface area contributed by atoms with Crippen molar-refractivity contribution in [2.45, 2.75) is 0 Å². The van der Waals surface area contributed by atoms with Crippen molar-refractivity contribution in [1.29, 1.82) is 0 Å². The number of carbonyl (C=O) groups excluding carboxylic acids is 1. The lowest BCUT2D eigenvalue weighted by atomic mass is 10.3. The Balaban J connectivity index is 2.90. The minimum Gasteiger partial charge on any atom is -0.480 e. The summed E-state index contributed by atoms with van der Waals surface area (Å²) in [6, 6.07) is 0. The van der Waals surface area contributed by atoms with Crippen LogP contribution in [0, 0.1) is 10.1 Å². The van der Waals surface area contributed by atoms with Crippen LogP contribution in [-0.4, -0.2) is 38.2 Å². The van der Waals surface area contributed by atoms with Crippen molar-refractivity contribution >= 4 is 17.7 Å². The number of nitrogens with zero attached hydrogens (tertiary/aromatic N) is 3. The van der Waals surface area contributed by atoms with Crippen LogP contribution < -0.4 is 5.32 Å². The third-order valence-corrected chi connectivity index (χ3v) is 1.63. The summed E-state index contributed by atoms with van der Waals surface area (Å²) in [4.78, 5) is 31.2. The molecule has 0 aliphatic carbocycles. The zero-order valence-electron chi connectivity index (χ0n) is 8.21. The van der Waals surface area contributed by atoms with E-state index in [1.54, 1.807) is 0 Å². The van der Waals surface area contributed by atoms with E-state index in [0.29, 0.717) is 0 Å². The van der Waals surface area contributed by atoms with Gasteiger partial charge in [-0.2, -0.15) is 4.68 Å². The average Bonchev–Trinajstić information content (AvgIpc) is 2.56.